The second kappa shape index (κ2) is 12.3. The third kappa shape index (κ3) is 6.48. The van der Waals surface area contributed by atoms with E-state index in [2.05, 4.69) is 36.9 Å². The van der Waals surface area contributed by atoms with E-state index in [4.69, 9.17) is 0 Å². The van der Waals surface area contributed by atoms with Crippen molar-refractivity contribution in [3.63, 3.8) is 0 Å². The molecule has 3 fully saturated rings. The molecule has 3 aromatic rings. The van der Waals surface area contributed by atoms with E-state index in [1.165, 1.54) is 11.2 Å². The van der Waals surface area contributed by atoms with Gasteiger partial charge < -0.3 is 20.0 Å². The van der Waals surface area contributed by atoms with Gasteiger partial charge in [0, 0.05) is 63.7 Å². The maximum atomic E-state index is 13.4. The Morgan fingerprint density at radius 1 is 1.15 bits per heavy atom. The number of sulfonamides is 1. The van der Waals surface area contributed by atoms with Crippen LogP contribution in [0.3, 0.4) is 0 Å². The van der Waals surface area contributed by atoms with Gasteiger partial charge in [-0.05, 0) is 44.5 Å². The number of rotatable bonds is 9. The second-order valence-corrected chi connectivity index (χ2v) is 13.9. The summed E-state index contributed by atoms with van der Waals surface area (Å²) in [4.78, 5) is 23.5. The van der Waals surface area contributed by atoms with Crippen LogP contribution in [0.4, 0.5) is 30.5 Å². The highest BCUT2D eigenvalue weighted by molar-refractivity contribution is 7.89. The first-order valence-electron chi connectivity index (χ1n) is 15.1. The fourth-order valence-electron chi connectivity index (χ4n) is 6.59. The van der Waals surface area contributed by atoms with Crippen LogP contribution >= 0.6 is 0 Å². The van der Waals surface area contributed by atoms with Crippen molar-refractivity contribution in [2.24, 2.45) is 0 Å². The molecular weight excluding hydrogens is 625 g/mol. The van der Waals surface area contributed by atoms with Gasteiger partial charge in [0.05, 0.1) is 28.9 Å². The van der Waals surface area contributed by atoms with E-state index >= 15 is 0 Å². The van der Waals surface area contributed by atoms with Gasteiger partial charge >= 0.3 is 6.18 Å². The van der Waals surface area contributed by atoms with Crippen molar-refractivity contribution in [1.29, 1.82) is 0 Å². The molecule has 1 amide bonds. The number of allylic oxidation sites excluding steroid dienone is 2. The Bertz CT molecular complexity index is 1750. The zero-order valence-electron chi connectivity index (χ0n) is 25.7. The standard InChI is InChI=1S/C29H37F3N10O3S/c1-4-24(29(30,31)32)20(2)19-46(44,45)42-22-7-8-23(42)17-39(16-22)25-6-5-9-41-27(25)35-28(36-41)34-21-14-33-40(15-21)18-26(43)38-12-10-37(3)11-13-38/h4-6,9,14-15,22-23H,2,7-8,10-13,16-19H2,1,3H3,(H,34,36)/b24-4+. The van der Waals surface area contributed by atoms with Gasteiger partial charge in [-0.15, -0.1) is 5.10 Å². The number of likely N-dealkylation sites (N-methyl/N-ethyl adjacent to an activating group) is 1. The highest BCUT2D eigenvalue weighted by atomic mass is 32.2. The lowest BCUT2D eigenvalue weighted by atomic mass is 10.1. The number of fused-ring (bicyclic) bond motifs is 3. The molecule has 46 heavy (non-hydrogen) atoms. The summed E-state index contributed by atoms with van der Waals surface area (Å²) in [6.45, 7) is 8.60. The number of carbonyl (C=O) groups is 1. The molecule has 3 saturated heterocycles. The van der Waals surface area contributed by atoms with Crippen LogP contribution in [0, 0.1) is 0 Å². The number of pyridine rings is 1. The molecule has 0 saturated carbocycles. The van der Waals surface area contributed by atoms with Crippen LogP contribution < -0.4 is 10.2 Å². The van der Waals surface area contributed by atoms with Gasteiger partial charge in [0.25, 0.3) is 0 Å². The first-order valence-corrected chi connectivity index (χ1v) is 16.7. The van der Waals surface area contributed by atoms with Gasteiger partial charge in [-0.3, -0.25) is 9.48 Å². The minimum atomic E-state index is -4.67. The number of alkyl halides is 3. The minimum Gasteiger partial charge on any atom is -0.365 e. The van der Waals surface area contributed by atoms with Crippen molar-refractivity contribution in [3.8, 4) is 0 Å². The van der Waals surface area contributed by atoms with Crippen molar-refractivity contribution in [3.05, 3.63) is 54.5 Å². The fraction of sp³-hybridized carbons (Fsp3) is 0.517. The number of aromatic nitrogens is 5. The number of hydrogen-bond acceptors (Lipinski definition) is 9. The second-order valence-electron chi connectivity index (χ2n) is 12.0. The van der Waals surface area contributed by atoms with Crippen LogP contribution in [0.5, 0.6) is 0 Å². The van der Waals surface area contributed by atoms with Gasteiger partial charge in [0.1, 0.15) is 6.54 Å². The quantitative estimate of drug-likeness (QED) is 0.345. The highest BCUT2D eigenvalue weighted by Crippen LogP contribution is 2.38. The average Bonchev–Trinajstić information content (AvgIpc) is 3.68. The van der Waals surface area contributed by atoms with E-state index < -0.39 is 45.2 Å². The normalized spacial score (nSPS) is 21.7. The van der Waals surface area contributed by atoms with Gasteiger partial charge in [0.2, 0.25) is 21.9 Å². The molecule has 0 aromatic carbocycles. The maximum absolute atomic E-state index is 13.4. The summed E-state index contributed by atoms with van der Waals surface area (Å²) in [6.07, 6.45) is 2.47. The predicted octanol–water partition coefficient (Wildman–Crippen LogP) is 2.49. The van der Waals surface area contributed by atoms with E-state index in [1.807, 2.05) is 24.1 Å². The maximum Gasteiger partial charge on any atom is 0.416 e. The summed E-state index contributed by atoms with van der Waals surface area (Å²) in [7, 11) is -2.00. The number of nitrogens with zero attached hydrogens (tertiary/aromatic N) is 9. The number of amides is 1. The minimum absolute atomic E-state index is 0.00824. The smallest absolute Gasteiger partial charge is 0.365 e. The molecule has 13 nitrogen and oxygen atoms in total. The zero-order valence-corrected chi connectivity index (χ0v) is 26.5. The third-order valence-electron chi connectivity index (χ3n) is 8.79. The first-order chi connectivity index (χ1) is 21.8. The molecule has 3 aliphatic heterocycles. The molecule has 248 valence electrons. The summed E-state index contributed by atoms with van der Waals surface area (Å²) >= 11 is 0. The molecular formula is C29H37F3N10O3S. The van der Waals surface area contributed by atoms with Crippen LogP contribution in [-0.2, 0) is 21.4 Å². The molecule has 6 heterocycles. The van der Waals surface area contributed by atoms with Crippen molar-refractivity contribution in [2.75, 3.05) is 62.3 Å². The Balaban J connectivity index is 1.13. The summed E-state index contributed by atoms with van der Waals surface area (Å²) in [5.41, 5.74) is 0.472. The molecule has 17 heteroatoms. The average molecular weight is 663 g/mol. The number of carbonyl (C=O) groups excluding carboxylic acids is 1. The van der Waals surface area contributed by atoms with E-state index in [-0.39, 0.29) is 12.5 Å². The largest absolute Gasteiger partial charge is 0.416 e. The SMILES string of the molecule is C=C(CS(=O)(=O)N1C2CCC1CN(c1cccn3nc(Nc4cnn(CC(=O)N5CCN(C)CC5)c4)nc13)C2)/C(=C\C)C(F)(F)F. The van der Waals surface area contributed by atoms with E-state index in [0.717, 1.165) is 24.9 Å². The Morgan fingerprint density at radius 3 is 2.50 bits per heavy atom. The summed E-state index contributed by atoms with van der Waals surface area (Å²) < 4.78 is 71.5. The van der Waals surface area contributed by atoms with Crippen molar-refractivity contribution in [2.45, 2.75) is 44.6 Å². The Morgan fingerprint density at radius 2 is 1.85 bits per heavy atom. The molecule has 1 N–H and O–H groups in total. The highest BCUT2D eigenvalue weighted by Gasteiger charge is 2.47. The molecule has 6 rings (SSSR count). The van der Waals surface area contributed by atoms with Crippen molar-refractivity contribution >= 4 is 38.9 Å². The Kier molecular flexibility index (Phi) is 8.58. The molecule has 3 aliphatic rings. The van der Waals surface area contributed by atoms with Gasteiger partial charge in [-0.25, -0.2) is 12.9 Å². The number of hydrogen-bond donors (Lipinski definition) is 1. The topological polar surface area (TPSA) is 124 Å². The van der Waals surface area contributed by atoms with Crippen LogP contribution in [0.2, 0.25) is 0 Å². The number of nitrogens with one attached hydrogen (secondary N) is 1. The van der Waals surface area contributed by atoms with E-state index in [1.54, 1.807) is 27.8 Å². The van der Waals surface area contributed by atoms with Gasteiger partial charge in [-0.1, -0.05) is 12.7 Å². The van der Waals surface area contributed by atoms with Crippen molar-refractivity contribution < 1.29 is 26.4 Å². The first kappa shape index (κ1) is 32.0. The molecule has 2 unspecified atom stereocenters. The van der Waals surface area contributed by atoms with E-state index in [9.17, 15) is 26.4 Å². The summed E-state index contributed by atoms with van der Waals surface area (Å²) in [5.74, 6) is -0.451. The van der Waals surface area contributed by atoms with Crippen LogP contribution in [0.25, 0.3) is 5.65 Å². The lowest BCUT2D eigenvalue weighted by Crippen LogP contribution is -2.56. The number of piperazine rings is 2. The third-order valence-corrected chi connectivity index (χ3v) is 10.7. The lowest BCUT2D eigenvalue weighted by Gasteiger charge is -2.41. The monoisotopic (exact) mass is 662 g/mol. The zero-order chi connectivity index (χ0) is 32.8. The number of anilines is 3. The van der Waals surface area contributed by atoms with Crippen LogP contribution in [-0.4, -0.2) is 123 Å². The Hall–Kier alpha value is -3.96. The van der Waals surface area contributed by atoms with Crippen molar-refractivity contribution in [1.82, 2.24) is 38.5 Å². The predicted molar refractivity (Wildman–Crippen MR) is 166 cm³/mol. The molecule has 0 aliphatic carbocycles. The molecule has 2 bridgehead atoms. The number of halogens is 3. The summed E-state index contributed by atoms with van der Waals surface area (Å²) in [5, 5.41) is 12.0. The van der Waals surface area contributed by atoms with Crippen LogP contribution in [0.1, 0.15) is 19.8 Å². The van der Waals surface area contributed by atoms with E-state index in [0.29, 0.717) is 56.3 Å². The van der Waals surface area contributed by atoms with Gasteiger partial charge in [-0.2, -0.15) is 27.6 Å². The fourth-order valence-corrected chi connectivity index (χ4v) is 8.58. The lowest BCUT2D eigenvalue weighted by molar-refractivity contribution is -0.133. The summed E-state index contributed by atoms with van der Waals surface area (Å²) in [6, 6.07) is 2.93. The molecule has 0 radical (unpaired) electrons. The van der Waals surface area contributed by atoms with Gasteiger partial charge in [0.15, 0.2) is 5.65 Å². The molecule has 0 spiro atoms. The Labute approximate surface area is 265 Å². The molecule has 2 atom stereocenters. The van der Waals surface area contributed by atoms with Crippen LogP contribution in [0.15, 0.2) is 54.5 Å². The molecule has 3 aromatic heterocycles.